The van der Waals surface area contributed by atoms with Gasteiger partial charge in [-0.1, -0.05) is 36.4 Å². The largest absolute Gasteiger partial charge is 0.465 e. The molecule has 0 aromatic heterocycles. The molecular weight excluding hydrogens is 252 g/mol. The molecule has 1 saturated heterocycles. The van der Waals surface area contributed by atoms with Crippen molar-refractivity contribution in [1.29, 1.82) is 0 Å². The summed E-state index contributed by atoms with van der Waals surface area (Å²) in [6, 6.07) is 10.5. The quantitative estimate of drug-likeness (QED) is 0.840. The van der Waals surface area contributed by atoms with E-state index in [1.807, 2.05) is 6.07 Å². The van der Waals surface area contributed by atoms with Crippen LogP contribution >= 0.6 is 0 Å². The Kier molecular flexibility index (Phi) is 5.18. The molecule has 4 nitrogen and oxygen atoms in total. The van der Waals surface area contributed by atoms with Gasteiger partial charge in [0.25, 0.3) is 0 Å². The molecule has 1 N–H and O–H groups in total. The second-order valence-electron chi connectivity index (χ2n) is 5.22. The molecule has 1 fully saturated rings. The minimum Gasteiger partial charge on any atom is -0.465 e. The van der Waals surface area contributed by atoms with Gasteiger partial charge < -0.3 is 10.0 Å². The van der Waals surface area contributed by atoms with Crippen LogP contribution in [0.1, 0.15) is 18.4 Å². The van der Waals surface area contributed by atoms with Gasteiger partial charge in [0.2, 0.25) is 0 Å². The van der Waals surface area contributed by atoms with Crippen molar-refractivity contribution in [2.75, 3.05) is 19.6 Å². The fourth-order valence-electron chi connectivity index (χ4n) is 2.75. The van der Waals surface area contributed by atoms with E-state index in [2.05, 4.69) is 35.7 Å². The maximum absolute atomic E-state index is 11.2. The molecule has 0 atom stereocenters. The van der Waals surface area contributed by atoms with Gasteiger partial charge in [-0.2, -0.15) is 0 Å². The van der Waals surface area contributed by atoms with Crippen molar-refractivity contribution in [1.82, 2.24) is 9.80 Å². The van der Waals surface area contributed by atoms with Crippen LogP contribution in [0.15, 0.2) is 43.0 Å². The smallest absolute Gasteiger partial charge is 0.407 e. The van der Waals surface area contributed by atoms with E-state index in [1.54, 1.807) is 6.08 Å². The first-order chi connectivity index (χ1) is 9.70. The van der Waals surface area contributed by atoms with Gasteiger partial charge in [0.15, 0.2) is 0 Å². The topological polar surface area (TPSA) is 43.8 Å². The lowest BCUT2D eigenvalue weighted by molar-refractivity contribution is 0.0951. The van der Waals surface area contributed by atoms with Gasteiger partial charge in [-0.3, -0.25) is 4.90 Å². The molecule has 1 aromatic carbocycles. The highest BCUT2D eigenvalue weighted by Gasteiger charge is 2.26. The van der Waals surface area contributed by atoms with Crippen LogP contribution in [0, 0.1) is 0 Å². The van der Waals surface area contributed by atoms with Gasteiger partial charge >= 0.3 is 6.09 Å². The molecule has 0 bridgehead atoms. The molecule has 20 heavy (non-hydrogen) atoms. The molecule has 1 heterocycles. The summed E-state index contributed by atoms with van der Waals surface area (Å²) < 4.78 is 0. The molecule has 0 spiro atoms. The minimum absolute atomic E-state index is 0.123. The molecule has 0 unspecified atom stereocenters. The number of carboxylic acid groups (broad SMARTS) is 1. The molecule has 0 radical (unpaired) electrons. The van der Waals surface area contributed by atoms with E-state index in [1.165, 1.54) is 10.5 Å². The Morgan fingerprint density at radius 3 is 2.55 bits per heavy atom. The van der Waals surface area contributed by atoms with Crippen LogP contribution in [-0.2, 0) is 6.54 Å². The second kappa shape index (κ2) is 7.10. The van der Waals surface area contributed by atoms with Gasteiger partial charge in [-0.05, 0) is 18.4 Å². The van der Waals surface area contributed by atoms with Crippen molar-refractivity contribution in [3.8, 4) is 0 Å². The summed E-state index contributed by atoms with van der Waals surface area (Å²) in [5.74, 6) is 0. The van der Waals surface area contributed by atoms with E-state index in [9.17, 15) is 9.90 Å². The number of likely N-dealkylation sites (tertiary alicyclic amines) is 1. The third kappa shape index (κ3) is 3.84. The van der Waals surface area contributed by atoms with Crippen LogP contribution in [0.25, 0.3) is 0 Å². The third-order valence-electron chi connectivity index (χ3n) is 3.82. The predicted octanol–water partition coefficient (Wildman–Crippen LogP) is 2.82. The van der Waals surface area contributed by atoms with Crippen LogP contribution in [0.4, 0.5) is 4.79 Å². The Bertz CT molecular complexity index is 439. The lowest BCUT2D eigenvalue weighted by Crippen LogP contribution is -2.46. The summed E-state index contributed by atoms with van der Waals surface area (Å²) >= 11 is 0. The highest BCUT2D eigenvalue weighted by Crippen LogP contribution is 2.18. The van der Waals surface area contributed by atoms with Gasteiger partial charge in [-0.25, -0.2) is 4.79 Å². The SMILES string of the molecule is C=CCN(C(=O)O)C1CCN(Cc2ccccc2)CC1. The van der Waals surface area contributed by atoms with Crippen LogP contribution in [0.3, 0.4) is 0 Å². The molecule has 108 valence electrons. The van der Waals surface area contributed by atoms with Crippen molar-refractivity contribution in [3.63, 3.8) is 0 Å². The predicted molar refractivity (Wildman–Crippen MR) is 79.7 cm³/mol. The van der Waals surface area contributed by atoms with Crippen molar-refractivity contribution >= 4 is 6.09 Å². The average Bonchev–Trinajstić information content (AvgIpc) is 2.47. The molecule has 2 rings (SSSR count). The number of carbonyl (C=O) groups is 1. The Morgan fingerprint density at radius 1 is 1.35 bits per heavy atom. The first-order valence-corrected chi connectivity index (χ1v) is 7.07. The maximum atomic E-state index is 11.2. The zero-order chi connectivity index (χ0) is 14.4. The molecule has 1 aromatic rings. The lowest BCUT2D eigenvalue weighted by atomic mass is 10.0. The van der Waals surface area contributed by atoms with Crippen molar-refractivity contribution in [2.45, 2.75) is 25.4 Å². The molecule has 0 aliphatic carbocycles. The van der Waals surface area contributed by atoms with E-state index in [4.69, 9.17) is 0 Å². The Hall–Kier alpha value is -1.81. The minimum atomic E-state index is -0.841. The standard InChI is InChI=1S/C16H22N2O2/c1-2-10-18(16(19)20)15-8-11-17(12-9-15)13-14-6-4-3-5-7-14/h2-7,15H,1,8-13H2,(H,19,20). The van der Waals surface area contributed by atoms with Crippen LogP contribution in [0.5, 0.6) is 0 Å². The summed E-state index contributed by atoms with van der Waals surface area (Å²) in [7, 11) is 0. The van der Waals surface area contributed by atoms with Gasteiger partial charge in [0, 0.05) is 32.2 Å². The fraction of sp³-hybridized carbons (Fsp3) is 0.438. The van der Waals surface area contributed by atoms with Crippen molar-refractivity contribution in [3.05, 3.63) is 48.6 Å². The Labute approximate surface area is 120 Å². The second-order valence-corrected chi connectivity index (χ2v) is 5.22. The number of hydrogen-bond acceptors (Lipinski definition) is 2. The van der Waals surface area contributed by atoms with Crippen LogP contribution < -0.4 is 0 Å². The third-order valence-corrected chi connectivity index (χ3v) is 3.82. The van der Waals surface area contributed by atoms with E-state index < -0.39 is 6.09 Å². The average molecular weight is 274 g/mol. The zero-order valence-electron chi connectivity index (χ0n) is 11.7. The fourth-order valence-corrected chi connectivity index (χ4v) is 2.75. The first-order valence-electron chi connectivity index (χ1n) is 7.07. The normalized spacial score (nSPS) is 16.8. The molecule has 1 aliphatic rings. The maximum Gasteiger partial charge on any atom is 0.407 e. The van der Waals surface area contributed by atoms with Crippen LogP contribution in [-0.4, -0.2) is 46.7 Å². The number of rotatable bonds is 5. The molecule has 1 aliphatic heterocycles. The number of nitrogens with zero attached hydrogens (tertiary/aromatic N) is 2. The summed E-state index contributed by atoms with van der Waals surface area (Å²) in [6.45, 7) is 6.88. The summed E-state index contributed by atoms with van der Waals surface area (Å²) in [4.78, 5) is 15.1. The number of amides is 1. The monoisotopic (exact) mass is 274 g/mol. The molecule has 4 heteroatoms. The highest BCUT2D eigenvalue weighted by molar-refractivity contribution is 5.65. The number of hydrogen-bond donors (Lipinski definition) is 1. The summed E-state index contributed by atoms with van der Waals surface area (Å²) in [5.41, 5.74) is 1.31. The number of benzene rings is 1. The number of piperidine rings is 1. The lowest BCUT2D eigenvalue weighted by Gasteiger charge is -2.36. The molecule has 0 saturated carbocycles. The van der Waals surface area contributed by atoms with E-state index >= 15 is 0 Å². The summed E-state index contributed by atoms with van der Waals surface area (Å²) in [5, 5.41) is 9.22. The van der Waals surface area contributed by atoms with Crippen molar-refractivity contribution in [2.24, 2.45) is 0 Å². The summed E-state index contributed by atoms with van der Waals surface area (Å²) in [6.07, 6.45) is 2.61. The molecular formula is C16H22N2O2. The van der Waals surface area contributed by atoms with E-state index in [-0.39, 0.29) is 6.04 Å². The van der Waals surface area contributed by atoms with Crippen LogP contribution in [0.2, 0.25) is 0 Å². The first kappa shape index (κ1) is 14.6. The van der Waals surface area contributed by atoms with Gasteiger partial charge in [-0.15, -0.1) is 6.58 Å². The van der Waals surface area contributed by atoms with Crippen molar-refractivity contribution < 1.29 is 9.90 Å². The highest BCUT2D eigenvalue weighted by atomic mass is 16.4. The Balaban J connectivity index is 1.85. The van der Waals surface area contributed by atoms with E-state index in [0.717, 1.165) is 32.5 Å². The van der Waals surface area contributed by atoms with Gasteiger partial charge in [0.05, 0.1) is 0 Å². The zero-order valence-corrected chi connectivity index (χ0v) is 11.7. The van der Waals surface area contributed by atoms with E-state index in [0.29, 0.717) is 6.54 Å². The molecule has 1 amide bonds. The Morgan fingerprint density at radius 2 is 2.00 bits per heavy atom. The van der Waals surface area contributed by atoms with Gasteiger partial charge in [0.1, 0.15) is 0 Å².